The molecule has 186 valence electrons. The Kier molecular flexibility index (Phi) is 6.45. The van der Waals surface area contributed by atoms with Crippen molar-refractivity contribution in [3.8, 4) is 0 Å². The van der Waals surface area contributed by atoms with E-state index in [2.05, 4.69) is 6.92 Å². The number of hydrogen-bond acceptors (Lipinski definition) is 6. The van der Waals surface area contributed by atoms with Crippen molar-refractivity contribution in [3.05, 3.63) is 71.8 Å². The van der Waals surface area contributed by atoms with Crippen LogP contribution in [0.25, 0.3) is 0 Å². The summed E-state index contributed by atoms with van der Waals surface area (Å²) in [6, 6.07) is 19.8. The fourth-order valence-corrected chi connectivity index (χ4v) is 6.86. The highest BCUT2D eigenvalue weighted by Crippen LogP contribution is 2.64. The van der Waals surface area contributed by atoms with Crippen LogP contribution in [0.4, 0.5) is 0 Å². The van der Waals surface area contributed by atoms with Crippen LogP contribution in [0, 0.1) is 17.8 Å². The van der Waals surface area contributed by atoms with E-state index in [1.165, 1.54) is 0 Å². The zero-order chi connectivity index (χ0) is 24.6. The lowest BCUT2D eigenvalue weighted by atomic mass is 9.70. The number of aliphatic hydroxyl groups is 1. The largest absolute Gasteiger partial charge is 0.459 e. The molecule has 35 heavy (non-hydrogen) atoms. The first-order valence-corrected chi connectivity index (χ1v) is 12.7. The van der Waals surface area contributed by atoms with Gasteiger partial charge >= 0.3 is 11.9 Å². The first kappa shape index (κ1) is 24.0. The highest BCUT2D eigenvalue weighted by atomic mass is 16.6. The molecule has 1 aliphatic carbocycles. The van der Waals surface area contributed by atoms with Crippen molar-refractivity contribution in [2.75, 3.05) is 6.61 Å². The molecule has 0 amide bonds. The van der Waals surface area contributed by atoms with Crippen LogP contribution in [-0.2, 0) is 35.8 Å². The van der Waals surface area contributed by atoms with E-state index in [4.69, 9.17) is 14.2 Å². The smallest absolute Gasteiger partial charge is 0.332 e. The van der Waals surface area contributed by atoms with E-state index in [0.717, 1.165) is 24.0 Å². The minimum absolute atomic E-state index is 0.0836. The quantitative estimate of drug-likeness (QED) is 0.601. The molecule has 2 aromatic rings. The first-order chi connectivity index (χ1) is 16.9. The Bertz CT molecular complexity index is 1060. The van der Waals surface area contributed by atoms with Gasteiger partial charge in [0.2, 0.25) is 0 Å². The van der Waals surface area contributed by atoms with Crippen molar-refractivity contribution in [3.63, 3.8) is 0 Å². The number of hydrogen-bond donors (Lipinski definition) is 1. The van der Waals surface area contributed by atoms with Crippen LogP contribution in [0.2, 0.25) is 0 Å². The van der Waals surface area contributed by atoms with Gasteiger partial charge in [-0.2, -0.15) is 0 Å². The lowest BCUT2D eigenvalue weighted by molar-refractivity contribution is -0.259. The summed E-state index contributed by atoms with van der Waals surface area (Å²) in [7, 11) is 0. The monoisotopic (exact) mass is 478 g/mol. The summed E-state index contributed by atoms with van der Waals surface area (Å²) in [5.74, 6) is -0.386. The van der Waals surface area contributed by atoms with Crippen molar-refractivity contribution in [1.29, 1.82) is 0 Å². The molecule has 5 rings (SSSR count). The Morgan fingerprint density at radius 3 is 2.37 bits per heavy atom. The first-order valence-electron chi connectivity index (χ1n) is 12.7. The van der Waals surface area contributed by atoms with Gasteiger partial charge in [-0.3, -0.25) is 4.79 Å². The number of aryl methyl sites for hydroxylation is 1. The number of carbonyl (C=O) groups is 2. The van der Waals surface area contributed by atoms with E-state index in [-0.39, 0.29) is 24.2 Å². The lowest BCUT2D eigenvalue weighted by Gasteiger charge is -2.51. The molecular weight excluding hydrogens is 444 g/mol. The molecule has 7 atom stereocenters. The molecule has 3 aliphatic rings. The third-order valence-corrected chi connectivity index (χ3v) is 8.51. The normalized spacial score (nSPS) is 35.3. The maximum absolute atomic E-state index is 13.2. The summed E-state index contributed by atoms with van der Waals surface area (Å²) in [5.41, 5.74) is 0.382. The Morgan fingerprint density at radius 1 is 1.00 bits per heavy atom. The molecule has 1 saturated carbocycles. The van der Waals surface area contributed by atoms with Gasteiger partial charge in [-0.1, -0.05) is 67.6 Å². The zero-order valence-electron chi connectivity index (χ0n) is 20.4. The van der Waals surface area contributed by atoms with Gasteiger partial charge in [-0.15, -0.1) is 0 Å². The number of fused-ring (bicyclic) bond motifs is 4. The zero-order valence-corrected chi connectivity index (χ0v) is 20.4. The molecule has 2 aromatic carbocycles. The Balaban J connectivity index is 1.50. The molecule has 2 bridgehead atoms. The molecule has 0 spiro atoms. The number of carbonyl (C=O) groups excluding carboxylic acids is 2. The molecule has 1 N–H and O–H groups in total. The minimum atomic E-state index is -0.918. The second-order valence-corrected chi connectivity index (χ2v) is 10.5. The van der Waals surface area contributed by atoms with E-state index in [1.807, 2.05) is 67.6 Å². The van der Waals surface area contributed by atoms with Crippen molar-refractivity contribution in [1.82, 2.24) is 0 Å². The van der Waals surface area contributed by atoms with Crippen LogP contribution >= 0.6 is 0 Å². The SMILES string of the molecule is CC1CCC2C1C(OC(=O)CCc1ccccc1)C1(c3ccccc3)CC(OC(=O)CO)C2(C)O1. The second kappa shape index (κ2) is 9.40. The van der Waals surface area contributed by atoms with Crippen LogP contribution in [0.15, 0.2) is 60.7 Å². The molecular formula is C29H34O6. The van der Waals surface area contributed by atoms with Crippen LogP contribution in [0.5, 0.6) is 0 Å². The van der Waals surface area contributed by atoms with Crippen molar-refractivity contribution in [2.45, 2.75) is 69.4 Å². The van der Waals surface area contributed by atoms with Crippen LogP contribution in [-0.4, -0.2) is 41.5 Å². The minimum Gasteiger partial charge on any atom is -0.459 e. The number of benzene rings is 2. The lowest BCUT2D eigenvalue weighted by Crippen LogP contribution is -2.59. The fourth-order valence-electron chi connectivity index (χ4n) is 6.86. The third-order valence-electron chi connectivity index (χ3n) is 8.51. The maximum Gasteiger partial charge on any atom is 0.332 e. The van der Waals surface area contributed by atoms with Crippen molar-refractivity contribution in [2.24, 2.45) is 17.8 Å². The van der Waals surface area contributed by atoms with E-state index in [0.29, 0.717) is 18.8 Å². The van der Waals surface area contributed by atoms with Gasteiger partial charge < -0.3 is 19.3 Å². The van der Waals surface area contributed by atoms with Gasteiger partial charge in [0.1, 0.15) is 30.0 Å². The van der Waals surface area contributed by atoms with Gasteiger partial charge in [-0.05, 0) is 49.1 Å². The molecule has 2 heterocycles. The highest BCUT2D eigenvalue weighted by Gasteiger charge is 2.72. The summed E-state index contributed by atoms with van der Waals surface area (Å²) >= 11 is 0. The van der Waals surface area contributed by atoms with Gasteiger partial charge in [-0.25, -0.2) is 4.79 Å². The predicted octanol–water partition coefficient (Wildman–Crippen LogP) is 4.19. The number of ether oxygens (including phenoxy) is 3. The molecule has 6 nitrogen and oxygen atoms in total. The van der Waals surface area contributed by atoms with Gasteiger partial charge in [0.15, 0.2) is 0 Å². The number of aliphatic hydroxyl groups excluding tert-OH is 1. The molecule has 3 fully saturated rings. The van der Waals surface area contributed by atoms with E-state index in [1.54, 1.807) is 0 Å². The molecule has 2 aliphatic heterocycles. The van der Waals surface area contributed by atoms with Crippen LogP contribution < -0.4 is 0 Å². The third kappa shape index (κ3) is 4.17. The van der Waals surface area contributed by atoms with E-state index < -0.39 is 36.0 Å². The summed E-state index contributed by atoms with van der Waals surface area (Å²) in [5, 5.41) is 9.37. The van der Waals surface area contributed by atoms with Gasteiger partial charge in [0.25, 0.3) is 0 Å². The topological polar surface area (TPSA) is 82.1 Å². The average Bonchev–Trinajstić information content (AvgIpc) is 3.39. The predicted molar refractivity (Wildman–Crippen MR) is 129 cm³/mol. The van der Waals surface area contributed by atoms with Crippen LogP contribution in [0.1, 0.15) is 50.7 Å². The van der Waals surface area contributed by atoms with Crippen molar-refractivity contribution >= 4 is 11.9 Å². The van der Waals surface area contributed by atoms with Gasteiger partial charge in [0.05, 0.1) is 0 Å². The molecule has 7 unspecified atom stereocenters. The summed E-state index contributed by atoms with van der Waals surface area (Å²) < 4.78 is 19.0. The van der Waals surface area contributed by atoms with Gasteiger partial charge in [0, 0.05) is 18.8 Å². The standard InChI is InChI=1S/C29H34O6/c1-19-13-15-22-26(19)27(34-24(31)16-14-20-9-5-3-6-10-20)29(21-11-7-4-8-12-21)17-23(28(22,2)35-29)33-25(32)18-30/h3-12,19,22-23,26-27,30H,13-18H2,1-2H3. The molecule has 2 saturated heterocycles. The molecule has 0 aromatic heterocycles. The Hall–Kier alpha value is -2.70. The maximum atomic E-state index is 13.2. The number of rotatable bonds is 7. The Labute approximate surface area is 206 Å². The summed E-state index contributed by atoms with van der Waals surface area (Å²) in [4.78, 5) is 25.4. The number of esters is 2. The van der Waals surface area contributed by atoms with Crippen LogP contribution in [0.3, 0.4) is 0 Å². The molecule has 0 radical (unpaired) electrons. The molecule has 6 heteroatoms. The van der Waals surface area contributed by atoms with Crippen molar-refractivity contribution < 1.29 is 28.9 Å². The van der Waals surface area contributed by atoms with E-state index >= 15 is 0 Å². The second-order valence-electron chi connectivity index (χ2n) is 10.5. The average molecular weight is 479 g/mol. The fraction of sp³-hybridized carbons (Fsp3) is 0.517. The van der Waals surface area contributed by atoms with E-state index in [9.17, 15) is 14.7 Å². The summed E-state index contributed by atoms with van der Waals surface area (Å²) in [6.07, 6.45) is 2.18. The highest BCUT2D eigenvalue weighted by molar-refractivity contribution is 5.71. The Morgan fingerprint density at radius 2 is 1.69 bits per heavy atom. The summed E-state index contributed by atoms with van der Waals surface area (Å²) in [6.45, 7) is 3.57.